The van der Waals surface area contributed by atoms with Crippen LogP contribution < -0.4 is 0 Å². The van der Waals surface area contributed by atoms with Crippen molar-refractivity contribution in [1.82, 2.24) is 4.90 Å². The van der Waals surface area contributed by atoms with Crippen molar-refractivity contribution in [3.05, 3.63) is 83.6 Å². The summed E-state index contributed by atoms with van der Waals surface area (Å²) in [7, 11) is 1.85. The number of aliphatic hydroxyl groups is 1. The summed E-state index contributed by atoms with van der Waals surface area (Å²) < 4.78 is 0. The molecule has 1 aliphatic carbocycles. The molecule has 2 aromatic carbocycles. The first-order valence-corrected chi connectivity index (χ1v) is 10.7. The molecular weight excluding hydrogens is 372 g/mol. The molecule has 30 heavy (non-hydrogen) atoms. The Morgan fingerprint density at radius 1 is 1.13 bits per heavy atom. The van der Waals surface area contributed by atoms with E-state index in [1.165, 1.54) is 0 Å². The van der Waals surface area contributed by atoms with E-state index in [-0.39, 0.29) is 17.9 Å². The van der Waals surface area contributed by atoms with Crippen molar-refractivity contribution in [1.29, 1.82) is 5.26 Å². The predicted octanol–water partition coefficient (Wildman–Crippen LogP) is 4.99. The van der Waals surface area contributed by atoms with E-state index in [2.05, 4.69) is 18.2 Å². The van der Waals surface area contributed by atoms with Crippen LogP contribution >= 0.6 is 0 Å². The highest BCUT2D eigenvalue weighted by Crippen LogP contribution is 2.37. The molecule has 4 nitrogen and oxygen atoms in total. The van der Waals surface area contributed by atoms with Crippen LogP contribution in [-0.2, 0) is 4.79 Å². The number of hydrogen-bond donors (Lipinski definition) is 1. The average Bonchev–Trinajstić information content (AvgIpc) is 2.79. The summed E-state index contributed by atoms with van der Waals surface area (Å²) in [5.41, 5.74) is 2.46. The molecule has 1 saturated carbocycles. The van der Waals surface area contributed by atoms with Gasteiger partial charge in [0.25, 0.3) is 0 Å². The molecule has 0 aromatic heterocycles. The van der Waals surface area contributed by atoms with Gasteiger partial charge in [0.1, 0.15) is 17.5 Å². The van der Waals surface area contributed by atoms with Crippen molar-refractivity contribution in [2.24, 2.45) is 5.92 Å². The standard InChI is InChI=1S/C26H30N2O2/c1-19(26(30)21-12-7-4-8-13-21)28(2)23(18-27)17-25(20-10-5-3-6-11-20)22-14-9-15-24(29)16-22/h3-8,10-13,17,19,22,25-26,30H,9,14-16H2,1-2H3/b23-17+/t19-,22+,25-,26-/m0/s1. The van der Waals surface area contributed by atoms with E-state index >= 15 is 0 Å². The van der Waals surface area contributed by atoms with Crippen molar-refractivity contribution < 1.29 is 9.90 Å². The molecule has 1 aliphatic rings. The summed E-state index contributed by atoms with van der Waals surface area (Å²) >= 11 is 0. The first kappa shape index (κ1) is 21.8. The highest BCUT2D eigenvalue weighted by molar-refractivity contribution is 5.79. The fraction of sp³-hybridized carbons (Fsp3) is 0.385. The third kappa shape index (κ3) is 5.17. The normalized spacial score (nSPS) is 20.1. The number of allylic oxidation sites excluding steroid dienone is 2. The van der Waals surface area contributed by atoms with Crippen LogP contribution in [0.1, 0.15) is 55.8 Å². The summed E-state index contributed by atoms with van der Waals surface area (Å²) in [6.07, 6.45) is 4.38. The average molecular weight is 403 g/mol. The molecule has 4 heteroatoms. The Morgan fingerprint density at radius 3 is 2.30 bits per heavy atom. The molecule has 3 rings (SSSR count). The Morgan fingerprint density at radius 2 is 1.73 bits per heavy atom. The van der Waals surface area contributed by atoms with Crippen LogP contribution in [0.4, 0.5) is 0 Å². The summed E-state index contributed by atoms with van der Waals surface area (Å²) in [4.78, 5) is 14.0. The zero-order chi connectivity index (χ0) is 21.5. The van der Waals surface area contributed by atoms with Gasteiger partial charge in [-0.2, -0.15) is 5.26 Å². The van der Waals surface area contributed by atoms with Crippen LogP contribution in [0.5, 0.6) is 0 Å². The Kier molecular flexibility index (Phi) is 7.43. The van der Waals surface area contributed by atoms with Gasteiger partial charge in [0, 0.05) is 25.8 Å². The van der Waals surface area contributed by atoms with Crippen LogP contribution in [0.15, 0.2) is 72.4 Å². The SMILES string of the molecule is C[C@@H]([C@H](O)c1ccccc1)N(C)/C(C#N)=C/[C@@H](c1ccccc1)[C@@H]1CCCC(=O)C1. The molecule has 1 fully saturated rings. The van der Waals surface area contributed by atoms with Crippen molar-refractivity contribution >= 4 is 5.78 Å². The zero-order valence-electron chi connectivity index (χ0n) is 17.7. The second-order valence-electron chi connectivity index (χ2n) is 8.20. The van der Waals surface area contributed by atoms with E-state index in [0.717, 1.165) is 24.0 Å². The smallest absolute Gasteiger partial charge is 0.133 e. The number of hydrogen-bond acceptors (Lipinski definition) is 4. The number of aliphatic hydroxyl groups excluding tert-OH is 1. The molecule has 4 atom stereocenters. The van der Waals surface area contributed by atoms with Gasteiger partial charge in [0.15, 0.2) is 0 Å². The third-order valence-corrected chi connectivity index (χ3v) is 6.25. The number of likely N-dealkylation sites (N-methyl/N-ethyl adjacent to an activating group) is 1. The number of nitriles is 1. The summed E-state index contributed by atoms with van der Waals surface area (Å²) in [5, 5.41) is 20.8. The third-order valence-electron chi connectivity index (χ3n) is 6.25. The Hall–Kier alpha value is -2.90. The van der Waals surface area contributed by atoms with Crippen LogP contribution in [0.2, 0.25) is 0 Å². The lowest BCUT2D eigenvalue weighted by Crippen LogP contribution is -2.34. The maximum absolute atomic E-state index is 12.1. The summed E-state index contributed by atoms with van der Waals surface area (Å²) in [5.74, 6) is 0.494. The molecule has 0 saturated heterocycles. The number of nitrogens with zero attached hydrogens (tertiary/aromatic N) is 2. The van der Waals surface area contributed by atoms with E-state index in [1.807, 2.05) is 73.5 Å². The monoisotopic (exact) mass is 402 g/mol. The number of carbonyl (C=O) groups is 1. The van der Waals surface area contributed by atoms with Crippen LogP contribution in [0.3, 0.4) is 0 Å². The lowest BCUT2D eigenvalue weighted by Gasteiger charge is -2.33. The van der Waals surface area contributed by atoms with E-state index in [9.17, 15) is 15.2 Å². The zero-order valence-corrected chi connectivity index (χ0v) is 17.7. The van der Waals surface area contributed by atoms with Crippen LogP contribution in [-0.4, -0.2) is 28.9 Å². The van der Waals surface area contributed by atoms with E-state index in [1.54, 1.807) is 0 Å². The molecule has 0 spiro atoms. The minimum atomic E-state index is -0.709. The van der Waals surface area contributed by atoms with Gasteiger partial charge in [-0.05, 0) is 42.9 Å². The van der Waals surface area contributed by atoms with Crippen molar-refractivity contribution in [3.8, 4) is 6.07 Å². The van der Waals surface area contributed by atoms with Crippen LogP contribution in [0.25, 0.3) is 0 Å². The summed E-state index contributed by atoms with van der Waals surface area (Å²) in [6, 6.07) is 21.7. The molecule has 0 unspecified atom stereocenters. The lowest BCUT2D eigenvalue weighted by molar-refractivity contribution is -0.121. The number of ketones is 1. The summed E-state index contributed by atoms with van der Waals surface area (Å²) in [6.45, 7) is 1.92. The maximum atomic E-state index is 12.1. The van der Waals surface area contributed by atoms with Crippen molar-refractivity contribution in [2.75, 3.05) is 7.05 Å². The van der Waals surface area contributed by atoms with Gasteiger partial charge in [-0.25, -0.2) is 0 Å². The van der Waals surface area contributed by atoms with Gasteiger partial charge in [0.2, 0.25) is 0 Å². The fourth-order valence-corrected chi connectivity index (χ4v) is 4.31. The van der Waals surface area contributed by atoms with Crippen LogP contribution in [0, 0.1) is 17.2 Å². The molecule has 1 N–H and O–H groups in total. The highest BCUT2D eigenvalue weighted by atomic mass is 16.3. The Labute approximate surface area is 179 Å². The van der Waals surface area contributed by atoms with Gasteiger partial charge < -0.3 is 10.0 Å². The molecule has 2 aromatic rings. The quantitative estimate of drug-likeness (QED) is 0.663. The maximum Gasteiger partial charge on any atom is 0.133 e. The minimum absolute atomic E-state index is 0.00591. The molecular formula is C26H30N2O2. The molecule has 0 radical (unpaired) electrons. The number of rotatable bonds is 7. The van der Waals surface area contributed by atoms with Crippen molar-refractivity contribution in [2.45, 2.75) is 50.7 Å². The minimum Gasteiger partial charge on any atom is -0.386 e. The lowest BCUT2D eigenvalue weighted by atomic mass is 9.76. The Bertz CT molecular complexity index is 902. The van der Waals surface area contributed by atoms with Gasteiger partial charge in [-0.15, -0.1) is 0 Å². The number of benzene rings is 2. The predicted molar refractivity (Wildman–Crippen MR) is 118 cm³/mol. The van der Waals surface area contributed by atoms with E-state index in [0.29, 0.717) is 24.3 Å². The molecule has 156 valence electrons. The van der Waals surface area contributed by atoms with E-state index in [4.69, 9.17) is 0 Å². The largest absolute Gasteiger partial charge is 0.386 e. The second-order valence-corrected chi connectivity index (χ2v) is 8.20. The Balaban J connectivity index is 1.89. The molecule has 0 aliphatic heterocycles. The first-order chi connectivity index (χ1) is 14.5. The highest BCUT2D eigenvalue weighted by Gasteiger charge is 2.29. The van der Waals surface area contributed by atoms with Gasteiger partial charge in [-0.3, -0.25) is 4.79 Å². The molecule has 0 heterocycles. The first-order valence-electron chi connectivity index (χ1n) is 10.7. The number of carbonyl (C=O) groups excluding carboxylic acids is 1. The van der Waals surface area contributed by atoms with Crippen molar-refractivity contribution in [3.63, 3.8) is 0 Å². The van der Waals surface area contributed by atoms with Gasteiger partial charge in [0.05, 0.1) is 12.1 Å². The van der Waals surface area contributed by atoms with Gasteiger partial charge >= 0.3 is 0 Å². The topological polar surface area (TPSA) is 64.3 Å². The molecule has 0 bridgehead atoms. The van der Waals surface area contributed by atoms with E-state index < -0.39 is 6.10 Å². The second kappa shape index (κ2) is 10.2. The fourth-order valence-electron chi connectivity index (χ4n) is 4.31. The molecule has 0 amide bonds. The number of Topliss-reactive ketones (excluding diaryl/α,β-unsaturated/α-hetero) is 1. The van der Waals surface area contributed by atoms with Gasteiger partial charge in [-0.1, -0.05) is 60.7 Å².